The van der Waals surface area contributed by atoms with E-state index in [4.69, 9.17) is 9.47 Å². The second kappa shape index (κ2) is 8.89. The molecule has 1 aliphatic heterocycles. The SMILES string of the molecule is CNC(=O)c1cc(F)cc(-c2ccc(OC3OC(CO)C(O)C(O)C3(C)O)c(C)c2)c1. The Labute approximate surface area is 178 Å². The standard InChI is InChI=1S/C22H26FNO7/c1-11-6-12(13-7-14(20(28)24-3)9-15(23)8-13)4-5-16(11)30-21-22(2,29)19(27)18(26)17(10-25)31-21/h4-9,17-19,21,25-27,29H,10H2,1-3H3,(H,24,28). The summed E-state index contributed by atoms with van der Waals surface area (Å²) in [6.45, 7) is 2.42. The summed E-state index contributed by atoms with van der Waals surface area (Å²) in [6, 6.07) is 8.96. The Balaban J connectivity index is 1.88. The molecule has 0 spiro atoms. The molecule has 2 aromatic carbocycles. The lowest BCUT2D eigenvalue weighted by molar-refractivity contribution is -0.314. The number of benzene rings is 2. The van der Waals surface area contributed by atoms with Crippen LogP contribution in [0.5, 0.6) is 5.75 Å². The van der Waals surface area contributed by atoms with Gasteiger partial charge < -0.3 is 35.2 Å². The van der Waals surface area contributed by atoms with Gasteiger partial charge in [0, 0.05) is 12.6 Å². The second-order valence-electron chi connectivity index (χ2n) is 7.76. The van der Waals surface area contributed by atoms with E-state index in [1.807, 2.05) is 0 Å². The van der Waals surface area contributed by atoms with Crippen LogP contribution in [0.3, 0.4) is 0 Å². The number of rotatable bonds is 5. The zero-order valence-corrected chi connectivity index (χ0v) is 17.4. The molecule has 0 aliphatic carbocycles. The van der Waals surface area contributed by atoms with Gasteiger partial charge in [-0.2, -0.15) is 0 Å². The molecule has 8 nitrogen and oxygen atoms in total. The van der Waals surface area contributed by atoms with Crippen molar-refractivity contribution in [3.63, 3.8) is 0 Å². The first-order valence-corrected chi connectivity index (χ1v) is 9.73. The highest BCUT2D eigenvalue weighted by Crippen LogP contribution is 2.34. The minimum absolute atomic E-state index is 0.185. The largest absolute Gasteiger partial charge is 0.461 e. The van der Waals surface area contributed by atoms with Gasteiger partial charge in [0.15, 0.2) is 5.60 Å². The molecule has 0 bridgehead atoms. The van der Waals surface area contributed by atoms with Crippen molar-refractivity contribution in [1.82, 2.24) is 5.32 Å². The molecule has 5 N–H and O–H groups in total. The number of hydrogen-bond acceptors (Lipinski definition) is 7. The van der Waals surface area contributed by atoms with Gasteiger partial charge in [0.1, 0.15) is 29.9 Å². The third-order valence-electron chi connectivity index (χ3n) is 5.39. The highest BCUT2D eigenvalue weighted by atomic mass is 19.1. The molecule has 5 unspecified atom stereocenters. The van der Waals surface area contributed by atoms with Gasteiger partial charge in [-0.05, 0) is 60.9 Å². The van der Waals surface area contributed by atoms with Gasteiger partial charge in [0.05, 0.1) is 6.61 Å². The van der Waals surface area contributed by atoms with Crippen molar-refractivity contribution < 1.29 is 39.1 Å². The van der Waals surface area contributed by atoms with E-state index < -0.39 is 48.5 Å². The fourth-order valence-electron chi connectivity index (χ4n) is 3.47. The van der Waals surface area contributed by atoms with Crippen LogP contribution in [0.15, 0.2) is 36.4 Å². The molecule has 1 aliphatic rings. The van der Waals surface area contributed by atoms with Crippen molar-refractivity contribution >= 4 is 5.91 Å². The fraction of sp³-hybridized carbons (Fsp3) is 0.409. The molecule has 0 aromatic heterocycles. The van der Waals surface area contributed by atoms with Crippen molar-refractivity contribution in [3.05, 3.63) is 53.3 Å². The van der Waals surface area contributed by atoms with E-state index in [1.165, 1.54) is 20.0 Å². The first-order chi connectivity index (χ1) is 14.6. The summed E-state index contributed by atoms with van der Waals surface area (Å²) in [5.74, 6) is -0.645. The van der Waals surface area contributed by atoms with Crippen molar-refractivity contribution in [2.24, 2.45) is 0 Å². The maximum atomic E-state index is 14.0. The van der Waals surface area contributed by atoms with Crippen LogP contribution in [0.2, 0.25) is 0 Å². The summed E-state index contributed by atoms with van der Waals surface area (Å²) >= 11 is 0. The van der Waals surface area contributed by atoms with Crippen LogP contribution < -0.4 is 10.1 Å². The Kier molecular flexibility index (Phi) is 6.63. The normalized spacial score (nSPS) is 28.3. The van der Waals surface area contributed by atoms with Gasteiger partial charge in [-0.15, -0.1) is 0 Å². The first kappa shape index (κ1) is 23.1. The number of carbonyl (C=O) groups excluding carboxylic acids is 1. The van der Waals surface area contributed by atoms with E-state index in [9.17, 15) is 29.6 Å². The predicted molar refractivity (Wildman–Crippen MR) is 109 cm³/mol. The highest BCUT2D eigenvalue weighted by Gasteiger charge is 2.53. The molecule has 9 heteroatoms. The highest BCUT2D eigenvalue weighted by molar-refractivity contribution is 5.95. The summed E-state index contributed by atoms with van der Waals surface area (Å²) in [7, 11) is 1.46. The van der Waals surface area contributed by atoms with Gasteiger partial charge in [0.2, 0.25) is 6.29 Å². The molecule has 31 heavy (non-hydrogen) atoms. The lowest BCUT2D eigenvalue weighted by Gasteiger charge is -2.45. The Bertz CT molecular complexity index is 965. The third kappa shape index (κ3) is 4.56. The lowest BCUT2D eigenvalue weighted by atomic mass is 9.88. The third-order valence-corrected chi connectivity index (χ3v) is 5.39. The van der Waals surface area contributed by atoms with Gasteiger partial charge >= 0.3 is 0 Å². The first-order valence-electron chi connectivity index (χ1n) is 9.73. The minimum Gasteiger partial charge on any atom is -0.461 e. The van der Waals surface area contributed by atoms with E-state index in [-0.39, 0.29) is 5.56 Å². The topological polar surface area (TPSA) is 128 Å². The van der Waals surface area contributed by atoms with Crippen LogP contribution in [-0.2, 0) is 4.74 Å². The predicted octanol–water partition coefficient (Wildman–Crippen LogP) is 0.730. The lowest BCUT2D eigenvalue weighted by Crippen LogP contribution is -2.66. The van der Waals surface area contributed by atoms with E-state index in [2.05, 4.69) is 5.32 Å². The zero-order chi connectivity index (χ0) is 22.9. The number of hydrogen-bond donors (Lipinski definition) is 5. The summed E-state index contributed by atoms with van der Waals surface area (Å²) < 4.78 is 25.2. The van der Waals surface area contributed by atoms with Crippen LogP contribution >= 0.6 is 0 Å². The van der Waals surface area contributed by atoms with Crippen molar-refractivity contribution in [1.29, 1.82) is 0 Å². The van der Waals surface area contributed by atoms with Crippen molar-refractivity contribution in [2.75, 3.05) is 13.7 Å². The van der Waals surface area contributed by atoms with Crippen molar-refractivity contribution in [2.45, 2.75) is 44.1 Å². The monoisotopic (exact) mass is 435 g/mol. The van der Waals surface area contributed by atoms with E-state index in [1.54, 1.807) is 31.2 Å². The number of aliphatic hydroxyl groups is 4. The van der Waals surface area contributed by atoms with E-state index in [0.717, 1.165) is 6.07 Å². The maximum absolute atomic E-state index is 14.0. The molecular formula is C22H26FNO7. The maximum Gasteiger partial charge on any atom is 0.251 e. The van der Waals surface area contributed by atoms with E-state index >= 15 is 0 Å². The number of ether oxygens (including phenoxy) is 2. The molecule has 168 valence electrons. The zero-order valence-electron chi connectivity index (χ0n) is 17.4. The Morgan fingerprint density at radius 3 is 2.55 bits per heavy atom. The molecule has 2 aromatic rings. The average molecular weight is 435 g/mol. The van der Waals surface area contributed by atoms with Gasteiger partial charge in [-0.3, -0.25) is 4.79 Å². The Morgan fingerprint density at radius 1 is 1.23 bits per heavy atom. The van der Waals surface area contributed by atoms with E-state index in [0.29, 0.717) is 22.4 Å². The number of halogens is 1. The molecule has 1 fully saturated rings. The summed E-state index contributed by atoms with van der Waals surface area (Å²) in [5.41, 5.74) is -0.0163. The second-order valence-corrected chi connectivity index (χ2v) is 7.76. The molecule has 1 saturated heterocycles. The molecule has 0 radical (unpaired) electrons. The number of nitrogens with one attached hydrogen (secondary N) is 1. The van der Waals surface area contributed by atoms with Crippen LogP contribution in [0, 0.1) is 12.7 Å². The summed E-state index contributed by atoms with van der Waals surface area (Å²) in [4.78, 5) is 11.9. The number of amides is 1. The van der Waals surface area contributed by atoms with Gasteiger partial charge in [0.25, 0.3) is 5.91 Å². The van der Waals surface area contributed by atoms with Crippen LogP contribution in [0.25, 0.3) is 11.1 Å². The number of aliphatic hydroxyl groups excluding tert-OH is 3. The molecule has 1 heterocycles. The fourth-order valence-corrected chi connectivity index (χ4v) is 3.47. The number of carbonyl (C=O) groups is 1. The number of aryl methyl sites for hydroxylation is 1. The minimum atomic E-state index is -1.94. The molecule has 5 atom stereocenters. The quantitative estimate of drug-likeness (QED) is 0.468. The Hall–Kier alpha value is -2.56. The van der Waals surface area contributed by atoms with Gasteiger partial charge in [-0.1, -0.05) is 6.07 Å². The van der Waals surface area contributed by atoms with Crippen LogP contribution in [-0.4, -0.2) is 70.2 Å². The van der Waals surface area contributed by atoms with Crippen molar-refractivity contribution in [3.8, 4) is 16.9 Å². The molecule has 1 amide bonds. The van der Waals surface area contributed by atoms with Gasteiger partial charge in [-0.25, -0.2) is 4.39 Å². The molecule has 3 rings (SSSR count). The molecule has 0 saturated carbocycles. The molecular weight excluding hydrogens is 409 g/mol. The van der Waals surface area contributed by atoms with Crippen LogP contribution in [0.4, 0.5) is 4.39 Å². The smallest absolute Gasteiger partial charge is 0.251 e. The Morgan fingerprint density at radius 2 is 1.94 bits per heavy atom. The summed E-state index contributed by atoms with van der Waals surface area (Å²) in [5, 5.41) is 42.6. The summed E-state index contributed by atoms with van der Waals surface area (Å²) in [6.07, 6.45) is -5.57. The van der Waals surface area contributed by atoms with Crippen LogP contribution in [0.1, 0.15) is 22.8 Å². The average Bonchev–Trinajstić information content (AvgIpc) is 2.74.